The summed E-state index contributed by atoms with van der Waals surface area (Å²) in [7, 11) is 0. The van der Waals surface area contributed by atoms with Gasteiger partial charge in [0.1, 0.15) is 11.9 Å². The van der Waals surface area contributed by atoms with Crippen LogP contribution in [0.2, 0.25) is 0 Å². The third-order valence-electron chi connectivity index (χ3n) is 7.95. The van der Waals surface area contributed by atoms with E-state index in [0.29, 0.717) is 30.1 Å². The van der Waals surface area contributed by atoms with Crippen LogP contribution in [0, 0.1) is 12.7 Å². The fourth-order valence-corrected chi connectivity index (χ4v) is 6.32. The van der Waals surface area contributed by atoms with Crippen LogP contribution in [0.5, 0.6) is 0 Å². The molecule has 2 N–H and O–H groups in total. The van der Waals surface area contributed by atoms with Crippen LogP contribution in [-0.2, 0) is 16.0 Å². The SMILES string of the molecule is CC(=O)N1CC2CCC1CN2[C@H]1CCC[C@@H](NC(=O)C2Cc3c(F)ccc(C)c3N2)C1. The van der Waals surface area contributed by atoms with Gasteiger partial charge in [-0.05, 0) is 57.1 Å². The third-order valence-corrected chi connectivity index (χ3v) is 7.95. The van der Waals surface area contributed by atoms with Crippen molar-refractivity contribution in [3.63, 3.8) is 0 Å². The lowest BCUT2D eigenvalue weighted by Gasteiger charge is -2.54. The van der Waals surface area contributed by atoms with Gasteiger partial charge in [-0.3, -0.25) is 14.5 Å². The molecule has 31 heavy (non-hydrogen) atoms. The van der Waals surface area contributed by atoms with Crippen molar-refractivity contribution in [2.45, 2.75) is 89.0 Å². The molecule has 1 aromatic rings. The van der Waals surface area contributed by atoms with Crippen molar-refractivity contribution < 1.29 is 14.0 Å². The highest BCUT2D eigenvalue weighted by atomic mass is 19.1. The van der Waals surface area contributed by atoms with E-state index in [-0.39, 0.29) is 23.7 Å². The Labute approximate surface area is 183 Å². The van der Waals surface area contributed by atoms with E-state index in [1.165, 1.54) is 6.07 Å². The summed E-state index contributed by atoms with van der Waals surface area (Å²) in [6.45, 7) is 5.44. The minimum absolute atomic E-state index is 0.0245. The first-order valence-electron chi connectivity index (χ1n) is 11.8. The minimum Gasteiger partial charge on any atom is -0.373 e. The number of nitrogens with one attached hydrogen (secondary N) is 2. The highest BCUT2D eigenvalue weighted by Gasteiger charge is 2.43. The van der Waals surface area contributed by atoms with Gasteiger partial charge in [0, 0.05) is 61.9 Å². The standard InChI is InChI=1S/C24H33FN4O2/c1-14-6-9-21(25)20-11-22(27-23(14)20)24(31)26-16-4-3-5-17(10-16)29-13-18-7-8-19(29)12-28(18)15(2)30/h6,9,16-19,22,27H,3-5,7-8,10-13H2,1-2H3,(H,26,31)/t16-,17+,18?,19?,22?/m1/s1. The summed E-state index contributed by atoms with van der Waals surface area (Å²) in [5.74, 6) is -0.0654. The van der Waals surface area contributed by atoms with Crippen LogP contribution in [0.4, 0.5) is 10.1 Å². The van der Waals surface area contributed by atoms with Crippen molar-refractivity contribution in [3.8, 4) is 0 Å². The Balaban J connectivity index is 1.19. The molecule has 4 aliphatic heterocycles. The number of amides is 2. The van der Waals surface area contributed by atoms with Crippen LogP contribution in [0.25, 0.3) is 0 Å². The van der Waals surface area contributed by atoms with Crippen LogP contribution < -0.4 is 10.6 Å². The number of carbonyl (C=O) groups excluding carboxylic acids is 2. The van der Waals surface area contributed by atoms with E-state index in [1.807, 2.05) is 6.92 Å². The number of fused-ring (bicyclic) bond motifs is 4. The van der Waals surface area contributed by atoms with Gasteiger partial charge in [0.25, 0.3) is 0 Å². The summed E-state index contributed by atoms with van der Waals surface area (Å²) in [6.07, 6.45) is 6.90. The second-order valence-corrected chi connectivity index (χ2v) is 9.90. The molecule has 7 heteroatoms. The average Bonchev–Trinajstić information content (AvgIpc) is 3.24. The summed E-state index contributed by atoms with van der Waals surface area (Å²) in [5, 5.41) is 6.50. The van der Waals surface area contributed by atoms with E-state index in [4.69, 9.17) is 0 Å². The molecule has 0 spiro atoms. The van der Waals surface area contributed by atoms with Crippen LogP contribution >= 0.6 is 0 Å². The van der Waals surface area contributed by atoms with E-state index >= 15 is 0 Å². The van der Waals surface area contributed by atoms with Gasteiger partial charge >= 0.3 is 0 Å². The predicted molar refractivity (Wildman–Crippen MR) is 117 cm³/mol. The van der Waals surface area contributed by atoms with E-state index < -0.39 is 6.04 Å². The molecule has 3 saturated heterocycles. The molecule has 6 nitrogen and oxygen atoms in total. The quantitative estimate of drug-likeness (QED) is 0.777. The second kappa shape index (κ2) is 8.08. The normalized spacial score (nSPS) is 32.5. The van der Waals surface area contributed by atoms with Crippen LogP contribution in [-0.4, -0.2) is 64.9 Å². The third kappa shape index (κ3) is 3.81. The molecule has 4 heterocycles. The Morgan fingerprint density at radius 1 is 1.10 bits per heavy atom. The highest BCUT2D eigenvalue weighted by Crippen LogP contribution is 2.35. The number of rotatable bonds is 3. The van der Waals surface area contributed by atoms with Gasteiger partial charge in [-0.1, -0.05) is 6.07 Å². The van der Waals surface area contributed by atoms with Crippen LogP contribution in [0.3, 0.4) is 0 Å². The average molecular weight is 429 g/mol. The molecule has 2 bridgehead atoms. The maximum atomic E-state index is 14.2. The summed E-state index contributed by atoms with van der Waals surface area (Å²) in [6, 6.07) is 4.26. The number of benzene rings is 1. The summed E-state index contributed by atoms with van der Waals surface area (Å²) in [4.78, 5) is 29.6. The molecule has 1 aromatic carbocycles. The van der Waals surface area contributed by atoms with Crippen molar-refractivity contribution in [2.75, 3.05) is 18.4 Å². The van der Waals surface area contributed by atoms with Crippen molar-refractivity contribution in [1.29, 1.82) is 0 Å². The van der Waals surface area contributed by atoms with Crippen molar-refractivity contribution in [3.05, 3.63) is 29.1 Å². The Morgan fingerprint density at radius 3 is 2.61 bits per heavy atom. The van der Waals surface area contributed by atoms with Gasteiger partial charge < -0.3 is 15.5 Å². The summed E-state index contributed by atoms with van der Waals surface area (Å²) in [5.41, 5.74) is 2.38. The molecule has 1 saturated carbocycles. The molecule has 5 aliphatic rings. The number of anilines is 1. The lowest BCUT2D eigenvalue weighted by atomic mass is 9.84. The first kappa shape index (κ1) is 20.7. The highest BCUT2D eigenvalue weighted by molar-refractivity contribution is 5.88. The molecule has 1 aliphatic carbocycles. The zero-order valence-corrected chi connectivity index (χ0v) is 18.5. The van der Waals surface area contributed by atoms with Gasteiger partial charge in [0.2, 0.25) is 11.8 Å². The van der Waals surface area contributed by atoms with Crippen LogP contribution in [0.1, 0.15) is 56.6 Å². The van der Waals surface area contributed by atoms with Crippen LogP contribution in [0.15, 0.2) is 12.1 Å². The molecule has 168 valence electrons. The number of halogens is 1. The minimum atomic E-state index is -0.402. The number of nitrogens with zero attached hydrogens (tertiary/aromatic N) is 2. The summed E-state index contributed by atoms with van der Waals surface area (Å²) < 4.78 is 14.2. The molecular formula is C24H33FN4O2. The van der Waals surface area contributed by atoms with Gasteiger partial charge in [-0.15, -0.1) is 0 Å². The Morgan fingerprint density at radius 2 is 1.90 bits per heavy atom. The molecule has 4 fully saturated rings. The predicted octanol–water partition coefficient (Wildman–Crippen LogP) is 2.59. The first-order chi connectivity index (χ1) is 14.9. The summed E-state index contributed by atoms with van der Waals surface area (Å²) >= 11 is 0. The maximum absolute atomic E-state index is 14.2. The molecule has 0 aromatic heterocycles. The number of piperidine rings is 2. The Bertz CT molecular complexity index is 860. The fraction of sp³-hybridized carbons (Fsp3) is 0.667. The number of hydrogen-bond donors (Lipinski definition) is 2. The van der Waals surface area contributed by atoms with Gasteiger partial charge in [0.15, 0.2) is 0 Å². The molecule has 0 radical (unpaired) electrons. The topological polar surface area (TPSA) is 64.7 Å². The van der Waals surface area contributed by atoms with E-state index in [9.17, 15) is 14.0 Å². The Hall–Kier alpha value is -2.15. The van der Waals surface area contributed by atoms with Crippen molar-refractivity contribution in [2.24, 2.45) is 0 Å². The molecule has 3 unspecified atom stereocenters. The lowest BCUT2D eigenvalue weighted by molar-refractivity contribution is -0.141. The molecule has 6 rings (SSSR count). The lowest BCUT2D eigenvalue weighted by Crippen LogP contribution is -2.66. The van der Waals surface area contributed by atoms with Gasteiger partial charge in [-0.25, -0.2) is 4.39 Å². The number of aryl methyl sites for hydroxylation is 1. The number of hydrogen-bond acceptors (Lipinski definition) is 4. The van der Waals surface area contributed by atoms with Crippen molar-refractivity contribution in [1.82, 2.24) is 15.1 Å². The van der Waals surface area contributed by atoms with Gasteiger partial charge in [-0.2, -0.15) is 0 Å². The number of piperazine rings is 1. The second-order valence-electron chi connectivity index (χ2n) is 9.90. The maximum Gasteiger partial charge on any atom is 0.243 e. The fourth-order valence-electron chi connectivity index (χ4n) is 6.32. The smallest absolute Gasteiger partial charge is 0.243 e. The monoisotopic (exact) mass is 428 g/mol. The largest absolute Gasteiger partial charge is 0.373 e. The Kier molecular flexibility index (Phi) is 5.40. The van der Waals surface area contributed by atoms with E-state index in [1.54, 1.807) is 13.0 Å². The molecule has 5 atom stereocenters. The van der Waals surface area contributed by atoms with E-state index in [2.05, 4.69) is 20.4 Å². The zero-order valence-electron chi connectivity index (χ0n) is 18.5. The molecule has 2 amide bonds. The molecular weight excluding hydrogens is 395 g/mol. The van der Waals surface area contributed by atoms with Crippen molar-refractivity contribution >= 4 is 17.5 Å². The number of carbonyl (C=O) groups is 2. The van der Waals surface area contributed by atoms with E-state index in [0.717, 1.165) is 62.9 Å². The first-order valence-corrected chi connectivity index (χ1v) is 11.8. The zero-order chi connectivity index (χ0) is 21.7. The van der Waals surface area contributed by atoms with Gasteiger partial charge in [0.05, 0.1) is 0 Å².